The fourth-order valence-electron chi connectivity index (χ4n) is 1.47. The van der Waals surface area contributed by atoms with Crippen molar-refractivity contribution in [3.63, 3.8) is 0 Å². The molecule has 0 aliphatic heterocycles. The topological polar surface area (TPSA) is 46.2 Å². The first-order valence-electron chi connectivity index (χ1n) is 5.75. The first-order chi connectivity index (χ1) is 8.27. The Labute approximate surface area is 116 Å². The minimum Gasteiger partial charge on any atom is -0.208 e. The summed E-state index contributed by atoms with van der Waals surface area (Å²) >= 11 is 3.07. The van der Waals surface area contributed by atoms with Crippen LogP contribution in [0.3, 0.4) is 0 Å². The molecular weight excluding hydrogens is 321 g/mol. The van der Waals surface area contributed by atoms with Crippen molar-refractivity contribution in [2.24, 2.45) is 5.92 Å². The third-order valence-corrected chi connectivity index (χ3v) is 5.56. The zero-order valence-corrected chi connectivity index (χ0v) is 13.0. The molecule has 0 aromatic heterocycles. The number of halogens is 2. The van der Waals surface area contributed by atoms with Gasteiger partial charge in [-0.25, -0.2) is 17.5 Å². The molecule has 1 rings (SSSR count). The molecule has 0 aliphatic rings. The number of nitrogens with one attached hydrogen (secondary N) is 1. The van der Waals surface area contributed by atoms with Gasteiger partial charge in [-0.05, 0) is 47.0 Å². The molecule has 1 N–H and O–H groups in total. The van der Waals surface area contributed by atoms with Crippen molar-refractivity contribution in [2.75, 3.05) is 0 Å². The van der Waals surface area contributed by atoms with Crippen LogP contribution >= 0.6 is 15.9 Å². The number of hydrogen-bond donors (Lipinski definition) is 1. The van der Waals surface area contributed by atoms with Gasteiger partial charge in [-0.15, -0.1) is 0 Å². The predicted octanol–water partition coefficient (Wildman–Crippen LogP) is 3.30. The monoisotopic (exact) mass is 337 g/mol. The van der Waals surface area contributed by atoms with Gasteiger partial charge < -0.3 is 0 Å². The van der Waals surface area contributed by atoms with Crippen molar-refractivity contribution in [1.29, 1.82) is 0 Å². The highest BCUT2D eigenvalue weighted by atomic mass is 79.9. The second-order valence-electron chi connectivity index (χ2n) is 4.37. The Morgan fingerprint density at radius 1 is 1.39 bits per heavy atom. The van der Waals surface area contributed by atoms with E-state index < -0.39 is 15.8 Å². The molecule has 0 heterocycles. The van der Waals surface area contributed by atoms with Crippen molar-refractivity contribution in [3.8, 4) is 0 Å². The zero-order chi connectivity index (χ0) is 13.9. The van der Waals surface area contributed by atoms with Crippen molar-refractivity contribution < 1.29 is 12.8 Å². The summed E-state index contributed by atoms with van der Waals surface area (Å²) in [5.74, 6) is -0.241. The van der Waals surface area contributed by atoms with E-state index >= 15 is 0 Å². The number of hydrogen-bond acceptors (Lipinski definition) is 2. The minimum atomic E-state index is -3.63. The van der Waals surface area contributed by atoms with Crippen LogP contribution in [0.1, 0.15) is 27.2 Å². The molecular formula is C12H17BrFNO2S. The van der Waals surface area contributed by atoms with Crippen molar-refractivity contribution in [2.45, 2.75) is 38.1 Å². The van der Waals surface area contributed by atoms with E-state index in [1.54, 1.807) is 0 Å². The molecule has 0 spiro atoms. The van der Waals surface area contributed by atoms with Gasteiger partial charge in [0.25, 0.3) is 0 Å². The van der Waals surface area contributed by atoms with Gasteiger partial charge in [0.2, 0.25) is 10.0 Å². The Balaban J connectivity index is 3.00. The molecule has 102 valence electrons. The third-order valence-electron chi connectivity index (χ3n) is 3.02. The lowest BCUT2D eigenvalue weighted by Gasteiger charge is -2.20. The van der Waals surface area contributed by atoms with Crippen LogP contribution < -0.4 is 4.72 Å². The molecule has 2 atom stereocenters. The van der Waals surface area contributed by atoms with Crippen LogP contribution in [0.4, 0.5) is 4.39 Å². The highest BCUT2D eigenvalue weighted by Crippen LogP contribution is 2.23. The van der Waals surface area contributed by atoms with E-state index in [1.807, 2.05) is 20.8 Å². The van der Waals surface area contributed by atoms with Gasteiger partial charge in [-0.1, -0.05) is 20.3 Å². The number of sulfonamides is 1. The molecule has 1 aromatic carbocycles. The molecule has 2 unspecified atom stereocenters. The fourth-order valence-corrected chi connectivity index (χ4v) is 3.87. The maximum Gasteiger partial charge on any atom is 0.241 e. The van der Waals surface area contributed by atoms with Gasteiger partial charge >= 0.3 is 0 Å². The minimum absolute atomic E-state index is 0.0547. The highest BCUT2D eigenvalue weighted by Gasteiger charge is 2.22. The second-order valence-corrected chi connectivity index (χ2v) is 6.91. The Hall–Kier alpha value is -0.460. The van der Waals surface area contributed by atoms with Crippen LogP contribution in [0.2, 0.25) is 0 Å². The fraction of sp³-hybridized carbons (Fsp3) is 0.500. The predicted molar refractivity (Wildman–Crippen MR) is 73.3 cm³/mol. The van der Waals surface area contributed by atoms with Gasteiger partial charge in [-0.3, -0.25) is 0 Å². The van der Waals surface area contributed by atoms with Gasteiger partial charge in [0.1, 0.15) is 5.82 Å². The Morgan fingerprint density at radius 3 is 2.50 bits per heavy atom. The summed E-state index contributed by atoms with van der Waals surface area (Å²) < 4.78 is 40.0. The average Bonchev–Trinajstić information content (AvgIpc) is 2.26. The van der Waals surface area contributed by atoms with Gasteiger partial charge in [0.15, 0.2) is 0 Å². The van der Waals surface area contributed by atoms with E-state index in [0.29, 0.717) is 0 Å². The van der Waals surface area contributed by atoms with Crippen LogP contribution in [-0.4, -0.2) is 14.5 Å². The molecule has 0 bridgehead atoms. The van der Waals surface area contributed by atoms with Crippen molar-refractivity contribution in [3.05, 3.63) is 28.5 Å². The van der Waals surface area contributed by atoms with E-state index in [2.05, 4.69) is 20.7 Å². The molecule has 0 fully saturated rings. The van der Waals surface area contributed by atoms with Gasteiger partial charge in [0, 0.05) is 10.5 Å². The zero-order valence-electron chi connectivity index (χ0n) is 10.6. The first-order valence-corrected chi connectivity index (χ1v) is 8.03. The normalized spacial score (nSPS) is 15.4. The number of rotatable bonds is 5. The molecule has 0 aliphatic carbocycles. The van der Waals surface area contributed by atoms with Gasteiger partial charge in [-0.2, -0.15) is 0 Å². The van der Waals surface area contributed by atoms with E-state index in [4.69, 9.17) is 0 Å². The van der Waals surface area contributed by atoms with Crippen LogP contribution in [0.25, 0.3) is 0 Å². The van der Waals surface area contributed by atoms with Crippen LogP contribution in [0.15, 0.2) is 27.6 Å². The molecule has 6 heteroatoms. The molecule has 18 heavy (non-hydrogen) atoms. The van der Waals surface area contributed by atoms with Crippen molar-refractivity contribution >= 4 is 26.0 Å². The largest absolute Gasteiger partial charge is 0.241 e. The average molecular weight is 338 g/mol. The lowest BCUT2D eigenvalue weighted by atomic mass is 10.0. The Bertz CT molecular complexity index is 519. The van der Waals surface area contributed by atoms with E-state index in [-0.39, 0.29) is 21.3 Å². The van der Waals surface area contributed by atoms with Crippen LogP contribution in [0.5, 0.6) is 0 Å². The quantitative estimate of drug-likeness (QED) is 0.895. The lowest BCUT2D eigenvalue weighted by Crippen LogP contribution is -2.37. The third kappa shape index (κ3) is 3.76. The Kier molecular flexibility index (Phi) is 5.31. The Morgan fingerprint density at radius 2 is 2.00 bits per heavy atom. The molecule has 0 radical (unpaired) electrons. The lowest BCUT2D eigenvalue weighted by molar-refractivity contribution is 0.434. The maximum atomic E-state index is 12.9. The SMILES string of the molecule is CCC(C)C(C)NS(=O)(=O)c1ccc(F)cc1Br. The molecule has 0 saturated carbocycles. The van der Waals surface area contributed by atoms with Gasteiger partial charge in [0.05, 0.1) is 4.90 Å². The molecule has 3 nitrogen and oxygen atoms in total. The summed E-state index contributed by atoms with van der Waals surface area (Å²) in [4.78, 5) is 0.0547. The smallest absolute Gasteiger partial charge is 0.208 e. The van der Waals surface area contributed by atoms with E-state index in [9.17, 15) is 12.8 Å². The summed E-state index contributed by atoms with van der Waals surface area (Å²) in [6.07, 6.45) is 0.883. The van der Waals surface area contributed by atoms with E-state index in [0.717, 1.165) is 18.6 Å². The summed E-state index contributed by atoms with van der Waals surface area (Å²) in [5.41, 5.74) is 0. The van der Waals surface area contributed by atoms with Crippen molar-refractivity contribution in [1.82, 2.24) is 4.72 Å². The van der Waals surface area contributed by atoms with Crippen LogP contribution in [-0.2, 0) is 10.0 Å². The molecule has 0 amide bonds. The maximum absolute atomic E-state index is 12.9. The summed E-state index contributed by atoms with van der Waals surface area (Å²) in [6.45, 7) is 5.80. The summed E-state index contributed by atoms with van der Waals surface area (Å²) in [5, 5.41) is 0. The summed E-state index contributed by atoms with van der Waals surface area (Å²) in [6, 6.07) is 3.36. The number of benzene rings is 1. The first kappa shape index (κ1) is 15.6. The summed E-state index contributed by atoms with van der Waals surface area (Å²) in [7, 11) is -3.63. The van der Waals surface area contributed by atoms with Crippen LogP contribution in [0, 0.1) is 11.7 Å². The second kappa shape index (κ2) is 6.12. The molecule has 0 saturated heterocycles. The molecule has 1 aromatic rings. The standard InChI is InChI=1S/C12H17BrFNO2S/c1-4-8(2)9(3)15-18(16,17)12-6-5-10(14)7-11(12)13/h5-9,15H,4H2,1-3H3. The van der Waals surface area contributed by atoms with E-state index in [1.165, 1.54) is 6.07 Å². The highest BCUT2D eigenvalue weighted by molar-refractivity contribution is 9.10.